The molecule has 0 aromatic heterocycles. The average Bonchev–Trinajstić information content (AvgIpc) is 3.09. The number of nitrogens with zero attached hydrogens (tertiary/aromatic N) is 1. The standard InChI is InChI=1S/C26H34N2O5S/c1-19(2)17-23(20-7-4-3-5-8-20)27-26(29)21-11-13-28(14-12-21)34(30,31)22-9-10-24-25(18-22)33-16-6-15-32-24/h3-5,7-10,18-19,21,23H,6,11-17H2,1-2H3,(H,27,29)/t23-/m0/s1. The van der Waals surface area contributed by atoms with Gasteiger partial charge < -0.3 is 14.8 Å². The van der Waals surface area contributed by atoms with Crippen LogP contribution in [0.25, 0.3) is 0 Å². The lowest BCUT2D eigenvalue weighted by molar-refractivity contribution is -0.127. The van der Waals surface area contributed by atoms with E-state index < -0.39 is 10.0 Å². The molecule has 8 heteroatoms. The maximum absolute atomic E-state index is 13.2. The van der Waals surface area contributed by atoms with E-state index in [-0.39, 0.29) is 22.8 Å². The quantitative estimate of drug-likeness (QED) is 0.636. The van der Waals surface area contributed by atoms with Crippen LogP contribution in [0.3, 0.4) is 0 Å². The van der Waals surface area contributed by atoms with Crippen molar-refractivity contribution in [3.8, 4) is 11.5 Å². The topological polar surface area (TPSA) is 84.9 Å². The fourth-order valence-corrected chi connectivity index (χ4v) is 6.02. The molecule has 0 spiro atoms. The van der Waals surface area contributed by atoms with Gasteiger partial charge in [0.15, 0.2) is 11.5 Å². The molecule has 0 aliphatic carbocycles. The van der Waals surface area contributed by atoms with E-state index in [9.17, 15) is 13.2 Å². The van der Waals surface area contributed by atoms with E-state index in [4.69, 9.17) is 9.47 Å². The minimum Gasteiger partial charge on any atom is -0.490 e. The smallest absolute Gasteiger partial charge is 0.243 e. The van der Waals surface area contributed by atoms with Crippen molar-refractivity contribution in [2.24, 2.45) is 11.8 Å². The molecule has 184 valence electrons. The lowest BCUT2D eigenvalue weighted by Crippen LogP contribution is -2.43. The Labute approximate surface area is 202 Å². The molecule has 0 radical (unpaired) electrons. The molecular weight excluding hydrogens is 452 g/mol. The molecule has 1 amide bonds. The molecule has 2 aromatic rings. The van der Waals surface area contributed by atoms with Crippen LogP contribution in [0.1, 0.15) is 51.1 Å². The number of carbonyl (C=O) groups is 1. The van der Waals surface area contributed by atoms with E-state index in [1.807, 2.05) is 30.3 Å². The highest BCUT2D eigenvalue weighted by Crippen LogP contribution is 2.34. The second-order valence-electron chi connectivity index (χ2n) is 9.44. The summed E-state index contributed by atoms with van der Waals surface area (Å²) in [7, 11) is -3.67. The molecule has 2 aliphatic heterocycles. The number of hydrogen-bond donors (Lipinski definition) is 1. The normalized spacial score (nSPS) is 18.3. The van der Waals surface area contributed by atoms with Crippen LogP contribution in [0.4, 0.5) is 0 Å². The number of rotatable bonds is 7. The van der Waals surface area contributed by atoms with Crippen molar-refractivity contribution in [1.29, 1.82) is 0 Å². The van der Waals surface area contributed by atoms with Gasteiger partial charge in [0.1, 0.15) is 0 Å². The molecule has 7 nitrogen and oxygen atoms in total. The Balaban J connectivity index is 1.39. The van der Waals surface area contributed by atoms with E-state index in [0.29, 0.717) is 56.6 Å². The van der Waals surface area contributed by atoms with Crippen LogP contribution >= 0.6 is 0 Å². The van der Waals surface area contributed by atoms with E-state index in [1.165, 1.54) is 4.31 Å². The first-order valence-electron chi connectivity index (χ1n) is 12.1. The number of piperidine rings is 1. The SMILES string of the molecule is CC(C)C[C@H](NC(=O)C1CCN(S(=O)(=O)c2ccc3c(c2)OCCCO3)CC1)c1ccccc1. The summed E-state index contributed by atoms with van der Waals surface area (Å²) >= 11 is 0. The van der Waals surface area contributed by atoms with E-state index in [2.05, 4.69) is 19.2 Å². The van der Waals surface area contributed by atoms with Gasteiger partial charge in [-0.1, -0.05) is 44.2 Å². The minimum absolute atomic E-state index is 0.00197. The summed E-state index contributed by atoms with van der Waals surface area (Å²) in [6, 6.07) is 14.7. The van der Waals surface area contributed by atoms with Crippen LogP contribution in [0.5, 0.6) is 11.5 Å². The third kappa shape index (κ3) is 5.73. The first-order chi connectivity index (χ1) is 16.3. The Kier molecular flexibility index (Phi) is 7.78. The number of sulfonamides is 1. The molecule has 2 heterocycles. The zero-order valence-corrected chi connectivity index (χ0v) is 20.7. The fraction of sp³-hybridized carbons (Fsp3) is 0.500. The number of hydrogen-bond acceptors (Lipinski definition) is 5. The number of carbonyl (C=O) groups excluding carboxylic acids is 1. The van der Waals surface area contributed by atoms with Crippen LogP contribution < -0.4 is 14.8 Å². The lowest BCUT2D eigenvalue weighted by Gasteiger charge is -2.32. The molecule has 34 heavy (non-hydrogen) atoms. The van der Waals surface area contributed by atoms with E-state index in [0.717, 1.165) is 18.4 Å². The van der Waals surface area contributed by atoms with Gasteiger partial charge in [0, 0.05) is 31.5 Å². The monoisotopic (exact) mass is 486 g/mol. The van der Waals surface area contributed by atoms with Gasteiger partial charge in [0.2, 0.25) is 15.9 Å². The van der Waals surface area contributed by atoms with Gasteiger partial charge in [-0.3, -0.25) is 4.79 Å². The van der Waals surface area contributed by atoms with Crippen LogP contribution in [-0.4, -0.2) is 44.9 Å². The Morgan fingerprint density at radius 3 is 2.38 bits per heavy atom. The Hall–Kier alpha value is -2.58. The van der Waals surface area contributed by atoms with Gasteiger partial charge in [-0.05, 0) is 42.9 Å². The summed E-state index contributed by atoms with van der Waals surface area (Å²) in [5, 5.41) is 3.22. The zero-order chi connectivity index (χ0) is 24.1. The van der Waals surface area contributed by atoms with Crippen molar-refractivity contribution in [2.45, 2.75) is 50.5 Å². The van der Waals surface area contributed by atoms with Gasteiger partial charge >= 0.3 is 0 Å². The van der Waals surface area contributed by atoms with E-state index >= 15 is 0 Å². The number of amides is 1. The molecule has 0 saturated carbocycles. The first-order valence-corrected chi connectivity index (χ1v) is 13.5. The molecule has 0 bridgehead atoms. The highest BCUT2D eigenvalue weighted by atomic mass is 32.2. The van der Waals surface area contributed by atoms with Gasteiger partial charge in [0.05, 0.1) is 24.2 Å². The maximum Gasteiger partial charge on any atom is 0.243 e. The predicted molar refractivity (Wildman–Crippen MR) is 130 cm³/mol. The molecule has 4 rings (SSSR count). The van der Waals surface area contributed by atoms with Crippen molar-refractivity contribution in [1.82, 2.24) is 9.62 Å². The van der Waals surface area contributed by atoms with Crippen LogP contribution in [0, 0.1) is 11.8 Å². The van der Waals surface area contributed by atoms with Crippen molar-refractivity contribution >= 4 is 15.9 Å². The summed E-state index contributed by atoms with van der Waals surface area (Å²) in [6.07, 6.45) is 2.61. The molecule has 1 N–H and O–H groups in total. The van der Waals surface area contributed by atoms with Gasteiger partial charge in [0.25, 0.3) is 0 Å². The Bertz CT molecular complexity index is 1080. The predicted octanol–water partition coefficient (Wildman–Crippen LogP) is 4.15. The number of fused-ring (bicyclic) bond motifs is 1. The molecule has 1 atom stereocenters. The van der Waals surface area contributed by atoms with Gasteiger partial charge in [-0.15, -0.1) is 0 Å². The molecule has 1 fully saturated rings. The number of nitrogens with one attached hydrogen (secondary N) is 1. The Morgan fingerprint density at radius 2 is 1.71 bits per heavy atom. The highest BCUT2D eigenvalue weighted by Gasteiger charge is 2.33. The van der Waals surface area contributed by atoms with Crippen molar-refractivity contribution in [3.05, 3.63) is 54.1 Å². The highest BCUT2D eigenvalue weighted by molar-refractivity contribution is 7.89. The summed E-state index contributed by atoms with van der Waals surface area (Å²) in [6.45, 7) is 5.97. The fourth-order valence-electron chi connectivity index (χ4n) is 4.54. The lowest BCUT2D eigenvalue weighted by atomic mass is 9.93. The van der Waals surface area contributed by atoms with Crippen molar-refractivity contribution < 1.29 is 22.7 Å². The van der Waals surface area contributed by atoms with Crippen molar-refractivity contribution in [2.75, 3.05) is 26.3 Å². The summed E-state index contributed by atoms with van der Waals surface area (Å²) < 4.78 is 39.2. The van der Waals surface area contributed by atoms with Gasteiger partial charge in [-0.2, -0.15) is 4.31 Å². The largest absolute Gasteiger partial charge is 0.490 e. The zero-order valence-electron chi connectivity index (χ0n) is 19.9. The molecule has 1 saturated heterocycles. The summed E-state index contributed by atoms with van der Waals surface area (Å²) in [4.78, 5) is 13.3. The summed E-state index contributed by atoms with van der Waals surface area (Å²) in [5.41, 5.74) is 1.10. The molecule has 2 aliphatic rings. The van der Waals surface area contributed by atoms with Crippen LogP contribution in [0.2, 0.25) is 0 Å². The van der Waals surface area contributed by atoms with Crippen molar-refractivity contribution in [3.63, 3.8) is 0 Å². The first kappa shape index (κ1) is 24.5. The third-order valence-corrected chi connectivity index (χ3v) is 8.30. The number of benzene rings is 2. The van der Waals surface area contributed by atoms with Gasteiger partial charge in [-0.25, -0.2) is 8.42 Å². The average molecular weight is 487 g/mol. The molecule has 2 aromatic carbocycles. The van der Waals surface area contributed by atoms with Crippen LogP contribution in [-0.2, 0) is 14.8 Å². The van der Waals surface area contributed by atoms with E-state index in [1.54, 1.807) is 18.2 Å². The molecular formula is C26H34N2O5S. The Morgan fingerprint density at radius 1 is 1.03 bits per heavy atom. The van der Waals surface area contributed by atoms with Crippen LogP contribution in [0.15, 0.2) is 53.4 Å². The summed E-state index contributed by atoms with van der Waals surface area (Å²) in [5.74, 6) is 1.27. The third-order valence-electron chi connectivity index (χ3n) is 6.41. The second kappa shape index (κ2) is 10.8. The minimum atomic E-state index is -3.67. The molecule has 0 unspecified atom stereocenters. The second-order valence-corrected chi connectivity index (χ2v) is 11.4. The maximum atomic E-state index is 13.2. The number of ether oxygens (including phenoxy) is 2.